The molecular weight excluding hydrogens is 283 g/mol. The second kappa shape index (κ2) is 5.89. The molecule has 0 spiro atoms. The third kappa shape index (κ3) is 2.65. The number of nitrogens with zero attached hydrogens (tertiary/aromatic N) is 1. The summed E-state index contributed by atoms with van der Waals surface area (Å²) in [6.07, 6.45) is 3.54. The van der Waals surface area contributed by atoms with Crippen LogP contribution in [-0.2, 0) is 6.61 Å². The average molecular weight is 298 g/mol. The average Bonchev–Trinajstić information content (AvgIpc) is 2.55. The molecule has 0 atom stereocenters. The lowest BCUT2D eigenvalue weighted by Gasteiger charge is -2.13. The first kappa shape index (κ1) is 14.1. The molecule has 0 aliphatic rings. The Bertz CT molecular complexity index is 816. The molecule has 2 N–H and O–H groups in total. The van der Waals surface area contributed by atoms with Crippen molar-refractivity contribution in [1.82, 2.24) is 4.98 Å². The van der Waals surface area contributed by atoms with Crippen molar-refractivity contribution < 1.29 is 13.9 Å². The molecule has 3 aromatic rings. The Balaban J connectivity index is 1.90. The summed E-state index contributed by atoms with van der Waals surface area (Å²) < 4.78 is 24.3. The first-order valence-electron chi connectivity index (χ1n) is 6.76. The second-order valence-electron chi connectivity index (χ2n) is 4.83. The summed E-state index contributed by atoms with van der Waals surface area (Å²) in [6, 6.07) is 10.5. The maximum Gasteiger partial charge on any atom is 0.163 e. The molecule has 5 heteroatoms. The summed E-state index contributed by atoms with van der Waals surface area (Å²) in [6.45, 7) is 0.310. The minimum atomic E-state index is -0.529. The van der Waals surface area contributed by atoms with Crippen LogP contribution in [-0.4, -0.2) is 12.1 Å². The van der Waals surface area contributed by atoms with Crippen molar-refractivity contribution in [2.75, 3.05) is 12.8 Å². The fourth-order valence-corrected chi connectivity index (χ4v) is 2.28. The Kier molecular flexibility index (Phi) is 3.78. The van der Waals surface area contributed by atoms with Gasteiger partial charge in [0.15, 0.2) is 11.5 Å². The monoisotopic (exact) mass is 298 g/mol. The number of anilines is 1. The second-order valence-corrected chi connectivity index (χ2v) is 4.83. The fraction of sp³-hybridized carbons (Fsp3) is 0.118. The maximum absolute atomic E-state index is 13.4. The zero-order valence-corrected chi connectivity index (χ0v) is 12.0. The number of fused-ring (bicyclic) bond motifs is 1. The molecule has 0 saturated heterocycles. The van der Waals surface area contributed by atoms with E-state index < -0.39 is 5.82 Å². The minimum absolute atomic E-state index is 0.0235. The van der Waals surface area contributed by atoms with Gasteiger partial charge in [-0.2, -0.15) is 0 Å². The fourth-order valence-electron chi connectivity index (χ4n) is 2.28. The van der Waals surface area contributed by atoms with E-state index in [-0.39, 0.29) is 5.69 Å². The van der Waals surface area contributed by atoms with Gasteiger partial charge in [-0.3, -0.25) is 4.98 Å². The van der Waals surface area contributed by atoms with Crippen molar-refractivity contribution in [3.8, 4) is 11.5 Å². The van der Waals surface area contributed by atoms with Crippen LogP contribution in [0.3, 0.4) is 0 Å². The number of methoxy groups -OCH3 is 1. The van der Waals surface area contributed by atoms with Gasteiger partial charge in [-0.05, 0) is 17.0 Å². The number of hydrogen-bond acceptors (Lipinski definition) is 4. The highest BCUT2D eigenvalue weighted by atomic mass is 19.1. The van der Waals surface area contributed by atoms with Crippen LogP contribution in [0.2, 0.25) is 0 Å². The lowest BCUT2D eigenvalue weighted by atomic mass is 10.1. The van der Waals surface area contributed by atoms with Crippen molar-refractivity contribution in [2.45, 2.75) is 6.61 Å². The highest BCUT2D eigenvalue weighted by Gasteiger charge is 2.10. The molecule has 0 unspecified atom stereocenters. The number of hydrogen-bond donors (Lipinski definition) is 1. The number of pyridine rings is 1. The number of aromatic nitrogens is 1. The van der Waals surface area contributed by atoms with Gasteiger partial charge >= 0.3 is 0 Å². The summed E-state index contributed by atoms with van der Waals surface area (Å²) in [5.74, 6) is 0.186. The first-order chi connectivity index (χ1) is 10.7. The van der Waals surface area contributed by atoms with Crippen molar-refractivity contribution in [3.63, 3.8) is 0 Å². The van der Waals surface area contributed by atoms with E-state index in [0.717, 1.165) is 16.3 Å². The molecule has 0 bridgehead atoms. The standard InChI is InChI=1S/C17H15FN2O2/c1-21-16-7-14(18)15(19)8-17(16)22-10-12-4-2-3-11-5-6-20-9-13(11)12/h2-9H,10,19H2,1H3. The number of nitrogens with two attached hydrogens (primary N) is 1. The quantitative estimate of drug-likeness (QED) is 0.748. The molecule has 22 heavy (non-hydrogen) atoms. The zero-order chi connectivity index (χ0) is 15.5. The number of rotatable bonds is 4. The van der Waals surface area contributed by atoms with E-state index in [4.69, 9.17) is 15.2 Å². The summed E-state index contributed by atoms with van der Waals surface area (Å²) in [5, 5.41) is 2.10. The van der Waals surface area contributed by atoms with E-state index in [2.05, 4.69) is 4.98 Å². The van der Waals surface area contributed by atoms with Crippen molar-refractivity contribution in [2.24, 2.45) is 0 Å². The van der Waals surface area contributed by atoms with E-state index >= 15 is 0 Å². The Hall–Kier alpha value is -2.82. The van der Waals surface area contributed by atoms with Crippen LogP contribution in [0.25, 0.3) is 10.8 Å². The zero-order valence-electron chi connectivity index (χ0n) is 12.0. The normalized spacial score (nSPS) is 10.6. The molecule has 1 heterocycles. The SMILES string of the molecule is COc1cc(F)c(N)cc1OCc1cccc2ccncc12. The molecule has 3 rings (SSSR count). The van der Waals surface area contributed by atoms with Gasteiger partial charge in [-0.15, -0.1) is 0 Å². The van der Waals surface area contributed by atoms with E-state index in [1.165, 1.54) is 19.2 Å². The van der Waals surface area contributed by atoms with Gasteiger partial charge in [0.25, 0.3) is 0 Å². The molecular formula is C17H15FN2O2. The van der Waals surface area contributed by atoms with E-state index in [9.17, 15) is 4.39 Å². The van der Waals surface area contributed by atoms with E-state index in [1.807, 2.05) is 24.3 Å². The summed E-state index contributed by atoms with van der Waals surface area (Å²) in [7, 11) is 1.46. The Labute approximate surface area is 127 Å². The van der Waals surface area contributed by atoms with Crippen LogP contribution >= 0.6 is 0 Å². The van der Waals surface area contributed by atoms with Gasteiger partial charge in [0.1, 0.15) is 12.4 Å². The molecule has 0 aliphatic heterocycles. The van der Waals surface area contributed by atoms with Gasteiger partial charge in [-0.25, -0.2) is 4.39 Å². The summed E-state index contributed by atoms with van der Waals surface area (Å²) in [4.78, 5) is 4.14. The third-order valence-electron chi connectivity index (χ3n) is 3.44. The number of nitrogen functional groups attached to an aromatic ring is 1. The topological polar surface area (TPSA) is 57.4 Å². The summed E-state index contributed by atoms with van der Waals surface area (Å²) >= 11 is 0. The van der Waals surface area contributed by atoms with Crippen LogP contribution in [0.15, 0.2) is 48.8 Å². The molecule has 4 nitrogen and oxygen atoms in total. The minimum Gasteiger partial charge on any atom is -0.493 e. The van der Waals surface area contributed by atoms with E-state index in [1.54, 1.807) is 12.4 Å². The highest BCUT2D eigenvalue weighted by molar-refractivity contribution is 5.84. The molecule has 0 radical (unpaired) electrons. The molecule has 2 aromatic carbocycles. The van der Waals surface area contributed by atoms with Crippen molar-refractivity contribution >= 4 is 16.5 Å². The van der Waals surface area contributed by atoms with Crippen molar-refractivity contribution in [3.05, 3.63) is 60.2 Å². The van der Waals surface area contributed by atoms with Gasteiger partial charge in [0.05, 0.1) is 12.8 Å². The van der Waals surface area contributed by atoms with E-state index in [0.29, 0.717) is 18.1 Å². The predicted molar refractivity (Wildman–Crippen MR) is 83.4 cm³/mol. The lowest BCUT2D eigenvalue weighted by molar-refractivity contribution is 0.285. The molecule has 1 aromatic heterocycles. The number of ether oxygens (including phenoxy) is 2. The first-order valence-corrected chi connectivity index (χ1v) is 6.76. The molecule has 0 aliphatic carbocycles. The van der Waals surface area contributed by atoms with Crippen LogP contribution < -0.4 is 15.2 Å². The third-order valence-corrected chi connectivity index (χ3v) is 3.44. The Morgan fingerprint density at radius 2 is 2.05 bits per heavy atom. The highest BCUT2D eigenvalue weighted by Crippen LogP contribution is 2.32. The predicted octanol–water partition coefficient (Wildman–Crippen LogP) is 3.54. The molecule has 112 valence electrons. The van der Waals surface area contributed by atoms with Gasteiger partial charge in [0, 0.05) is 29.9 Å². The van der Waals surface area contributed by atoms with Crippen LogP contribution in [0.1, 0.15) is 5.56 Å². The van der Waals surface area contributed by atoms with Crippen LogP contribution in [0.4, 0.5) is 10.1 Å². The summed E-state index contributed by atoms with van der Waals surface area (Å²) in [5.41, 5.74) is 6.59. The molecule has 0 amide bonds. The number of benzene rings is 2. The molecule has 0 fully saturated rings. The maximum atomic E-state index is 13.4. The van der Waals surface area contributed by atoms with Gasteiger partial charge in [-0.1, -0.05) is 18.2 Å². The largest absolute Gasteiger partial charge is 0.493 e. The van der Waals surface area contributed by atoms with Gasteiger partial charge in [0.2, 0.25) is 0 Å². The Morgan fingerprint density at radius 1 is 1.18 bits per heavy atom. The van der Waals surface area contributed by atoms with Crippen LogP contribution in [0, 0.1) is 5.82 Å². The van der Waals surface area contributed by atoms with Crippen molar-refractivity contribution in [1.29, 1.82) is 0 Å². The number of halogens is 1. The smallest absolute Gasteiger partial charge is 0.163 e. The lowest BCUT2D eigenvalue weighted by Crippen LogP contribution is -2.01. The van der Waals surface area contributed by atoms with Gasteiger partial charge < -0.3 is 15.2 Å². The van der Waals surface area contributed by atoms with Crippen LogP contribution in [0.5, 0.6) is 11.5 Å². The Morgan fingerprint density at radius 3 is 2.86 bits per heavy atom. The molecule has 0 saturated carbocycles.